The Labute approximate surface area is 62.2 Å². The minimum Gasteiger partial charge on any atom is -0.330 e. The largest absolute Gasteiger partial charge is 0.330 e. The maximum Gasteiger partial charge on any atom is 0.153 e. The van der Waals surface area contributed by atoms with E-state index < -0.39 is 0 Å². The van der Waals surface area contributed by atoms with Gasteiger partial charge in [-0.3, -0.25) is 0 Å². The van der Waals surface area contributed by atoms with Gasteiger partial charge < -0.3 is 5.73 Å². The van der Waals surface area contributed by atoms with Crippen LogP contribution in [0, 0.1) is 0 Å². The van der Waals surface area contributed by atoms with Crippen LogP contribution in [-0.2, 0) is 0 Å². The Morgan fingerprint density at radius 2 is 2.44 bits per heavy atom. The highest BCUT2D eigenvalue weighted by atomic mass is 79.9. The average molecular weight is 190 g/mol. The molecule has 1 unspecified atom stereocenters. The van der Waals surface area contributed by atoms with Gasteiger partial charge >= 0.3 is 0 Å². The highest BCUT2D eigenvalue weighted by molar-refractivity contribution is 9.10. The van der Waals surface area contributed by atoms with Gasteiger partial charge in [-0.15, -0.1) is 0 Å². The predicted molar refractivity (Wildman–Crippen MR) is 42.3 cm³/mol. The number of rotatable bonds is 2. The van der Waals surface area contributed by atoms with Crippen LogP contribution in [0.25, 0.3) is 0 Å². The molecular weight excluding hydrogens is 182 g/mol. The van der Waals surface area contributed by atoms with E-state index in [2.05, 4.69) is 25.9 Å². The Balaban J connectivity index is 2.53. The molecule has 3 nitrogen and oxygen atoms in total. The summed E-state index contributed by atoms with van der Waals surface area (Å²) in [6.07, 6.45) is 4.08. The number of hydrogen-bond donors (Lipinski definition) is 1. The minimum absolute atomic E-state index is 0.290. The van der Waals surface area contributed by atoms with Gasteiger partial charge in [0.15, 0.2) is 4.45 Å². The van der Waals surface area contributed by atoms with Gasteiger partial charge in [-0.1, -0.05) is 15.9 Å². The fraction of sp³-hybridized carbons (Fsp3) is 0.600. The first kappa shape index (κ1) is 6.89. The van der Waals surface area contributed by atoms with E-state index >= 15 is 0 Å². The summed E-state index contributed by atoms with van der Waals surface area (Å²) in [7, 11) is 0. The Bertz CT molecular complexity index is 140. The number of halogens is 1. The molecule has 9 heavy (non-hydrogen) atoms. The molecular formula is C5H8BrN3. The second kappa shape index (κ2) is 2.58. The van der Waals surface area contributed by atoms with E-state index in [1.807, 2.05) is 0 Å². The summed E-state index contributed by atoms with van der Waals surface area (Å²) >= 11 is 3.38. The van der Waals surface area contributed by atoms with E-state index in [-0.39, 0.29) is 4.45 Å². The summed E-state index contributed by atoms with van der Waals surface area (Å²) in [5.41, 5.74) is 5.33. The van der Waals surface area contributed by atoms with Crippen molar-refractivity contribution >= 4 is 28.5 Å². The van der Waals surface area contributed by atoms with Gasteiger partial charge in [0.1, 0.15) is 6.34 Å². The van der Waals surface area contributed by atoms with Crippen LogP contribution in [0.2, 0.25) is 0 Å². The van der Waals surface area contributed by atoms with Crippen LogP contribution in [0.5, 0.6) is 0 Å². The predicted octanol–water partition coefficient (Wildman–Crippen LogP) is 0.539. The third kappa shape index (κ3) is 1.59. The van der Waals surface area contributed by atoms with Crippen molar-refractivity contribution in [1.82, 2.24) is 0 Å². The van der Waals surface area contributed by atoms with Crippen LogP contribution in [-0.4, -0.2) is 23.5 Å². The lowest BCUT2D eigenvalue weighted by atomic mass is 10.2. The average Bonchev–Trinajstić information content (AvgIpc) is 2.16. The lowest BCUT2D eigenvalue weighted by Crippen LogP contribution is -2.21. The summed E-state index contributed by atoms with van der Waals surface area (Å²) in [4.78, 5) is 7.88. The second-order valence-electron chi connectivity index (χ2n) is 1.88. The molecule has 0 radical (unpaired) electrons. The monoisotopic (exact) mass is 189 g/mol. The van der Waals surface area contributed by atoms with E-state index in [4.69, 9.17) is 5.73 Å². The first-order valence-electron chi connectivity index (χ1n) is 2.74. The van der Waals surface area contributed by atoms with Crippen LogP contribution >= 0.6 is 15.9 Å². The van der Waals surface area contributed by atoms with E-state index in [0.29, 0.717) is 6.54 Å². The second-order valence-corrected chi connectivity index (χ2v) is 3.25. The first-order chi connectivity index (χ1) is 4.27. The Morgan fingerprint density at radius 1 is 1.67 bits per heavy atom. The molecule has 0 spiro atoms. The molecule has 1 rings (SSSR count). The molecule has 0 aliphatic carbocycles. The minimum atomic E-state index is -0.290. The van der Waals surface area contributed by atoms with Crippen LogP contribution in [0.4, 0.5) is 0 Å². The molecule has 1 atom stereocenters. The van der Waals surface area contributed by atoms with E-state index in [9.17, 15) is 0 Å². The number of aliphatic imine (C=N–C) groups is 2. The molecule has 1 aliphatic heterocycles. The van der Waals surface area contributed by atoms with Gasteiger partial charge in [0.2, 0.25) is 0 Å². The lowest BCUT2D eigenvalue weighted by Gasteiger charge is -2.11. The topological polar surface area (TPSA) is 50.7 Å². The van der Waals surface area contributed by atoms with Crippen LogP contribution in [0.1, 0.15) is 6.42 Å². The third-order valence-corrected chi connectivity index (χ3v) is 1.91. The van der Waals surface area contributed by atoms with Crippen LogP contribution in [0.3, 0.4) is 0 Å². The van der Waals surface area contributed by atoms with Crippen molar-refractivity contribution in [2.75, 3.05) is 6.54 Å². The summed E-state index contributed by atoms with van der Waals surface area (Å²) in [5, 5.41) is 0. The molecule has 1 aliphatic rings. The fourth-order valence-corrected chi connectivity index (χ4v) is 1.08. The Kier molecular flexibility index (Phi) is 1.97. The first-order valence-corrected chi connectivity index (χ1v) is 3.53. The van der Waals surface area contributed by atoms with Crippen molar-refractivity contribution in [3.63, 3.8) is 0 Å². The zero-order valence-electron chi connectivity index (χ0n) is 4.92. The van der Waals surface area contributed by atoms with Gasteiger partial charge in [-0.25, -0.2) is 9.98 Å². The highest BCUT2D eigenvalue weighted by Crippen LogP contribution is 2.23. The van der Waals surface area contributed by atoms with Gasteiger partial charge in [0.05, 0.1) is 0 Å². The molecule has 2 N–H and O–H groups in total. The molecule has 4 heteroatoms. The van der Waals surface area contributed by atoms with E-state index in [0.717, 1.165) is 6.42 Å². The van der Waals surface area contributed by atoms with Crippen molar-refractivity contribution in [2.45, 2.75) is 10.9 Å². The summed E-state index contributed by atoms with van der Waals surface area (Å²) in [6.45, 7) is 0.620. The number of nitrogens with zero attached hydrogens (tertiary/aromatic N) is 2. The lowest BCUT2D eigenvalue weighted by molar-refractivity contribution is 0.747. The molecule has 0 amide bonds. The molecule has 50 valence electrons. The van der Waals surface area contributed by atoms with Crippen molar-refractivity contribution in [1.29, 1.82) is 0 Å². The number of alkyl halides is 1. The van der Waals surface area contributed by atoms with Crippen molar-refractivity contribution in [2.24, 2.45) is 15.7 Å². The number of nitrogens with two attached hydrogens (primary N) is 1. The van der Waals surface area contributed by atoms with Crippen LogP contribution < -0.4 is 5.73 Å². The van der Waals surface area contributed by atoms with Crippen molar-refractivity contribution < 1.29 is 0 Å². The zero-order valence-corrected chi connectivity index (χ0v) is 6.50. The van der Waals surface area contributed by atoms with E-state index in [1.54, 1.807) is 6.21 Å². The molecule has 0 saturated heterocycles. The smallest absolute Gasteiger partial charge is 0.153 e. The quantitative estimate of drug-likeness (QED) is 0.501. The zero-order chi connectivity index (χ0) is 6.74. The molecule has 1 heterocycles. The summed E-state index contributed by atoms with van der Waals surface area (Å²) in [5.74, 6) is 0. The maximum atomic E-state index is 5.33. The van der Waals surface area contributed by atoms with Gasteiger partial charge in [-0.2, -0.15) is 0 Å². The molecule has 0 aromatic rings. The standard InChI is InChI=1S/C5H8BrN3/c6-5(1-2-7)3-8-4-9-5/h3-4H,1-2,7H2. The number of hydrogen-bond acceptors (Lipinski definition) is 3. The van der Waals surface area contributed by atoms with Gasteiger partial charge in [0.25, 0.3) is 0 Å². The Hall–Kier alpha value is -0.220. The Morgan fingerprint density at radius 3 is 2.89 bits per heavy atom. The van der Waals surface area contributed by atoms with Crippen molar-refractivity contribution in [3.8, 4) is 0 Å². The molecule has 0 fully saturated rings. The molecule has 0 aromatic heterocycles. The van der Waals surface area contributed by atoms with E-state index in [1.165, 1.54) is 6.34 Å². The molecule has 0 aromatic carbocycles. The van der Waals surface area contributed by atoms with Crippen LogP contribution in [0.15, 0.2) is 9.98 Å². The highest BCUT2D eigenvalue weighted by Gasteiger charge is 2.23. The van der Waals surface area contributed by atoms with Gasteiger partial charge in [-0.05, 0) is 13.0 Å². The molecule has 0 saturated carbocycles. The summed E-state index contributed by atoms with van der Waals surface area (Å²) < 4.78 is -0.290. The van der Waals surface area contributed by atoms with Crippen molar-refractivity contribution in [3.05, 3.63) is 0 Å². The molecule has 0 bridgehead atoms. The summed E-state index contributed by atoms with van der Waals surface area (Å²) in [6, 6.07) is 0. The third-order valence-electron chi connectivity index (χ3n) is 1.11. The normalized spacial score (nSPS) is 31.8. The fourth-order valence-electron chi connectivity index (χ4n) is 0.642. The van der Waals surface area contributed by atoms with Gasteiger partial charge in [0, 0.05) is 6.21 Å². The SMILES string of the molecule is NCCC1(Br)C=NC=N1. The maximum absolute atomic E-state index is 5.33.